The SMILES string of the molecule is C#CC(C#CCC=C)OC(=O)C1C(C=C(C)C=C)C1(C)C. The smallest absolute Gasteiger partial charge is 0.312 e. The zero-order valence-electron chi connectivity index (χ0n) is 13.0. The van der Waals surface area contributed by atoms with Gasteiger partial charge >= 0.3 is 5.97 Å². The lowest BCUT2D eigenvalue weighted by atomic mass is 10.1. The van der Waals surface area contributed by atoms with E-state index in [0.717, 1.165) is 5.57 Å². The highest BCUT2D eigenvalue weighted by atomic mass is 16.5. The molecular weight excluding hydrogens is 260 g/mol. The predicted molar refractivity (Wildman–Crippen MR) is 86.0 cm³/mol. The van der Waals surface area contributed by atoms with Crippen molar-refractivity contribution in [1.82, 2.24) is 0 Å². The van der Waals surface area contributed by atoms with Crippen LogP contribution in [0.2, 0.25) is 0 Å². The molecule has 0 spiro atoms. The normalized spacial score (nSPS) is 23.8. The lowest BCUT2D eigenvalue weighted by molar-refractivity contribution is -0.147. The molecule has 0 heterocycles. The van der Waals surface area contributed by atoms with Crippen LogP contribution in [0.3, 0.4) is 0 Å². The third kappa shape index (κ3) is 4.14. The van der Waals surface area contributed by atoms with E-state index in [9.17, 15) is 4.79 Å². The summed E-state index contributed by atoms with van der Waals surface area (Å²) in [5, 5.41) is 0. The van der Waals surface area contributed by atoms with Crippen molar-refractivity contribution in [3.8, 4) is 24.2 Å². The van der Waals surface area contributed by atoms with Gasteiger partial charge in [0.2, 0.25) is 6.10 Å². The molecule has 3 unspecified atom stereocenters. The fraction of sp³-hybridized carbons (Fsp3) is 0.421. The van der Waals surface area contributed by atoms with Gasteiger partial charge in [-0.2, -0.15) is 0 Å². The minimum absolute atomic E-state index is 0.116. The summed E-state index contributed by atoms with van der Waals surface area (Å²) in [5.41, 5.74) is 0.942. The van der Waals surface area contributed by atoms with E-state index in [1.54, 1.807) is 12.2 Å². The van der Waals surface area contributed by atoms with Gasteiger partial charge in [0.1, 0.15) is 0 Å². The zero-order chi connectivity index (χ0) is 16.0. The number of ether oxygens (including phenoxy) is 1. The number of carbonyl (C=O) groups is 1. The van der Waals surface area contributed by atoms with Gasteiger partial charge < -0.3 is 4.74 Å². The zero-order valence-corrected chi connectivity index (χ0v) is 13.0. The molecule has 1 aliphatic carbocycles. The van der Waals surface area contributed by atoms with Gasteiger partial charge in [-0.25, -0.2) is 0 Å². The van der Waals surface area contributed by atoms with Crippen LogP contribution in [0, 0.1) is 41.4 Å². The first kappa shape index (κ1) is 16.9. The van der Waals surface area contributed by atoms with Gasteiger partial charge in [-0.1, -0.05) is 50.1 Å². The number of hydrogen-bond acceptors (Lipinski definition) is 2. The van der Waals surface area contributed by atoms with Gasteiger partial charge in [0.05, 0.1) is 5.92 Å². The van der Waals surface area contributed by atoms with Crippen LogP contribution in [0.15, 0.2) is 37.0 Å². The maximum absolute atomic E-state index is 12.2. The van der Waals surface area contributed by atoms with E-state index < -0.39 is 6.10 Å². The highest BCUT2D eigenvalue weighted by Crippen LogP contribution is 2.59. The minimum atomic E-state index is -0.793. The van der Waals surface area contributed by atoms with Gasteiger partial charge in [-0.3, -0.25) is 4.79 Å². The van der Waals surface area contributed by atoms with Crippen molar-refractivity contribution in [2.75, 3.05) is 0 Å². The van der Waals surface area contributed by atoms with Gasteiger partial charge in [0.15, 0.2) is 0 Å². The molecule has 2 nitrogen and oxygen atoms in total. The fourth-order valence-corrected chi connectivity index (χ4v) is 2.31. The third-order valence-corrected chi connectivity index (χ3v) is 3.79. The summed E-state index contributed by atoms with van der Waals surface area (Å²) >= 11 is 0. The topological polar surface area (TPSA) is 26.3 Å². The Hall–Kier alpha value is -2.19. The number of hydrogen-bond donors (Lipinski definition) is 0. The van der Waals surface area contributed by atoms with Crippen LogP contribution in [-0.2, 0) is 9.53 Å². The van der Waals surface area contributed by atoms with Crippen molar-refractivity contribution < 1.29 is 9.53 Å². The Morgan fingerprint density at radius 1 is 1.48 bits per heavy atom. The summed E-state index contributed by atoms with van der Waals surface area (Å²) in [7, 11) is 0. The van der Waals surface area contributed by atoms with Crippen LogP contribution in [0.25, 0.3) is 0 Å². The fourth-order valence-electron chi connectivity index (χ4n) is 2.31. The number of esters is 1. The summed E-state index contributed by atoms with van der Waals surface area (Å²) < 4.78 is 5.31. The molecule has 1 saturated carbocycles. The molecule has 1 aliphatic rings. The van der Waals surface area contributed by atoms with Crippen molar-refractivity contribution >= 4 is 5.97 Å². The van der Waals surface area contributed by atoms with Crippen molar-refractivity contribution in [3.05, 3.63) is 37.0 Å². The second-order valence-corrected chi connectivity index (χ2v) is 5.74. The predicted octanol–water partition coefficient (Wildman–Crippen LogP) is 3.52. The minimum Gasteiger partial charge on any atom is -0.437 e. The Bertz CT molecular complexity index is 561. The molecule has 0 radical (unpaired) electrons. The monoisotopic (exact) mass is 282 g/mol. The summed E-state index contributed by atoms with van der Waals surface area (Å²) in [6.45, 7) is 13.4. The number of rotatable bonds is 5. The van der Waals surface area contributed by atoms with E-state index in [2.05, 4.69) is 37.0 Å². The summed E-state index contributed by atoms with van der Waals surface area (Å²) in [5.74, 6) is 7.64. The second-order valence-electron chi connectivity index (χ2n) is 5.74. The Kier molecular flexibility index (Phi) is 5.62. The molecule has 0 saturated heterocycles. The van der Waals surface area contributed by atoms with Crippen LogP contribution >= 0.6 is 0 Å². The largest absolute Gasteiger partial charge is 0.437 e. The number of carbonyl (C=O) groups excluding carboxylic acids is 1. The molecule has 0 amide bonds. The molecule has 21 heavy (non-hydrogen) atoms. The Labute approximate surface area is 128 Å². The van der Waals surface area contributed by atoms with Crippen molar-refractivity contribution in [2.45, 2.75) is 33.3 Å². The van der Waals surface area contributed by atoms with E-state index >= 15 is 0 Å². The van der Waals surface area contributed by atoms with Crippen LogP contribution in [0.4, 0.5) is 0 Å². The summed E-state index contributed by atoms with van der Waals surface area (Å²) in [4.78, 5) is 12.2. The molecule has 0 aromatic rings. The number of terminal acetylenes is 1. The van der Waals surface area contributed by atoms with E-state index in [0.29, 0.717) is 6.42 Å². The molecule has 110 valence electrons. The molecule has 1 rings (SSSR count). The first-order chi connectivity index (χ1) is 9.88. The maximum atomic E-state index is 12.2. The quantitative estimate of drug-likeness (QED) is 0.334. The van der Waals surface area contributed by atoms with Gasteiger partial charge in [-0.15, -0.1) is 13.0 Å². The first-order valence-electron chi connectivity index (χ1n) is 6.95. The average Bonchev–Trinajstić information content (AvgIpc) is 2.98. The van der Waals surface area contributed by atoms with Crippen LogP contribution in [0.5, 0.6) is 0 Å². The average molecular weight is 282 g/mol. The Balaban J connectivity index is 2.73. The molecule has 0 aromatic heterocycles. The Morgan fingerprint density at radius 3 is 2.67 bits per heavy atom. The van der Waals surface area contributed by atoms with E-state index in [-0.39, 0.29) is 23.2 Å². The van der Waals surface area contributed by atoms with Crippen molar-refractivity contribution in [3.63, 3.8) is 0 Å². The Morgan fingerprint density at radius 2 is 2.14 bits per heavy atom. The molecule has 0 aliphatic heterocycles. The van der Waals surface area contributed by atoms with Crippen LogP contribution in [0.1, 0.15) is 27.2 Å². The number of allylic oxidation sites excluding steroid dienone is 4. The highest BCUT2D eigenvalue weighted by Gasteiger charge is 2.61. The van der Waals surface area contributed by atoms with E-state index in [4.69, 9.17) is 11.2 Å². The van der Waals surface area contributed by atoms with Crippen molar-refractivity contribution in [2.24, 2.45) is 17.3 Å². The first-order valence-corrected chi connectivity index (χ1v) is 6.95. The molecule has 1 fully saturated rings. The molecule has 0 aromatic carbocycles. The van der Waals surface area contributed by atoms with Crippen molar-refractivity contribution in [1.29, 1.82) is 0 Å². The lowest BCUT2D eigenvalue weighted by Gasteiger charge is -2.07. The van der Waals surface area contributed by atoms with E-state index in [1.165, 1.54) is 0 Å². The van der Waals surface area contributed by atoms with Gasteiger partial charge in [0.25, 0.3) is 0 Å². The summed E-state index contributed by atoms with van der Waals surface area (Å²) in [6, 6.07) is 0. The van der Waals surface area contributed by atoms with Crippen LogP contribution < -0.4 is 0 Å². The molecule has 0 N–H and O–H groups in total. The molecule has 2 heteroatoms. The molecular formula is C19H22O2. The third-order valence-electron chi connectivity index (χ3n) is 3.79. The standard InChI is InChI=1S/C19H22O2/c1-7-10-11-12-15(9-3)21-18(20)17-16(19(17,5)6)13-14(4)8-2/h3,7-8,13,15-17H,1-2,10H2,4-6H3. The lowest BCUT2D eigenvalue weighted by Crippen LogP contribution is -2.18. The highest BCUT2D eigenvalue weighted by molar-refractivity contribution is 5.79. The van der Waals surface area contributed by atoms with Crippen LogP contribution in [-0.4, -0.2) is 12.1 Å². The molecule has 0 bridgehead atoms. The second kappa shape index (κ2) is 7.00. The maximum Gasteiger partial charge on any atom is 0.312 e. The van der Waals surface area contributed by atoms with E-state index in [1.807, 2.05) is 20.8 Å². The summed E-state index contributed by atoms with van der Waals surface area (Å²) in [6.07, 6.45) is 10.6. The van der Waals surface area contributed by atoms with Gasteiger partial charge in [-0.05, 0) is 30.1 Å². The molecule has 3 atom stereocenters. The van der Waals surface area contributed by atoms with Gasteiger partial charge in [0, 0.05) is 6.42 Å².